The van der Waals surface area contributed by atoms with Crippen molar-refractivity contribution in [2.75, 3.05) is 0 Å². The molecule has 174 valence electrons. The molecule has 0 aliphatic carbocycles. The summed E-state index contributed by atoms with van der Waals surface area (Å²) in [5.41, 5.74) is 2.60. The van der Waals surface area contributed by atoms with Gasteiger partial charge in [0.2, 0.25) is 11.8 Å². The van der Waals surface area contributed by atoms with Crippen molar-refractivity contribution in [3.8, 4) is 0 Å². The number of nitrogens with zero attached hydrogens (tertiary/aromatic N) is 1. The van der Waals surface area contributed by atoms with Crippen LogP contribution >= 0.6 is 11.8 Å². The highest BCUT2D eigenvalue weighted by atomic mass is 32.2. The first-order valence-electron chi connectivity index (χ1n) is 11.4. The fourth-order valence-electron chi connectivity index (χ4n) is 4.70. The van der Waals surface area contributed by atoms with Crippen molar-refractivity contribution < 1.29 is 14.4 Å². The van der Waals surface area contributed by atoms with Crippen LogP contribution in [0.4, 0.5) is 0 Å². The largest absolute Gasteiger partial charge is 0.348 e. The summed E-state index contributed by atoms with van der Waals surface area (Å²) in [6, 6.07) is 15.7. The van der Waals surface area contributed by atoms with Gasteiger partial charge in [-0.2, -0.15) is 0 Å². The molecule has 6 nitrogen and oxygen atoms in total. The molecular weight excluding hydrogens is 434 g/mol. The van der Waals surface area contributed by atoms with Crippen molar-refractivity contribution in [3.63, 3.8) is 0 Å². The van der Waals surface area contributed by atoms with Crippen molar-refractivity contribution in [2.24, 2.45) is 5.92 Å². The summed E-state index contributed by atoms with van der Waals surface area (Å²) in [5, 5.41) is 5.81. The smallest absolute Gasteiger partial charge is 0.256 e. The number of hydrogen-bond acceptors (Lipinski definition) is 4. The second kappa shape index (κ2) is 8.86. The van der Waals surface area contributed by atoms with Gasteiger partial charge in [-0.25, -0.2) is 0 Å². The molecule has 0 radical (unpaired) electrons. The van der Waals surface area contributed by atoms with Crippen LogP contribution in [0.5, 0.6) is 0 Å². The summed E-state index contributed by atoms with van der Waals surface area (Å²) >= 11 is 1.62. The first kappa shape index (κ1) is 23.4. The van der Waals surface area contributed by atoms with Gasteiger partial charge in [-0.15, -0.1) is 11.8 Å². The average molecular weight is 466 g/mol. The Labute approximate surface area is 199 Å². The van der Waals surface area contributed by atoms with E-state index in [0.29, 0.717) is 5.56 Å². The molecule has 0 unspecified atom stereocenters. The lowest BCUT2D eigenvalue weighted by Gasteiger charge is -2.32. The Balaban J connectivity index is 1.53. The summed E-state index contributed by atoms with van der Waals surface area (Å²) in [6.45, 7) is 9.71. The topological polar surface area (TPSA) is 78.5 Å². The van der Waals surface area contributed by atoms with E-state index in [0.717, 1.165) is 11.1 Å². The van der Waals surface area contributed by atoms with E-state index >= 15 is 0 Å². The van der Waals surface area contributed by atoms with E-state index in [1.54, 1.807) is 16.7 Å². The van der Waals surface area contributed by atoms with Crippen LogP contribution in [-0.2, 0) is 9.59 Å². The van der Waals surface area contributed by atoms with E-state index in [1.165, 1.54) is 0 Å². The molecule has 2 N–H and O–H groups in total. The van der Waals surface area contributed by atoms with Gasteiger partial charge in [0, 0.05) is 10.3 Å². The van der Waals surface area contributed by atoms with E-state index in [1.807, 2.05) is 89.2 Å². The molecule has 33 heavy (non-hydrogen) atoms. The zero-order valence-electron chi connectivity index (χ0n) is 19.7. The second-order valence-corrected chi connectivity index (χ2v) is 11.4. The number of hydrogen-bond donors (Lipinski definition) is 2. The van der Waals surface area contributed by atoms with Crippen LogP contribution in [-0.4, -0.2) is 39.5 Å². The van der Waals surface area contributed by atoms with E-state index in [9.17, 15) is 14.4 Å². The second-order valence-electron chi connectivity index (χ2n) is 9.65. The van der Waals surface area contributed by atoms with Gasteiger partial charge in [-0.1, -0.05) is 62.4 Å². The van der Waals surface area contributed by atoms with Gasteiger partial charge in [0.15, 0.2) is 0 Å². The monoisotopic (exact) mass is 465 g/mol. The molecule has 0 bridgehead atoms. The van der Waals surface area contributed by atoms with Crippen molar-refractivity contribution in [3.05, 3.63) is 71.3 Å². The number of fused-ring (bicyclic) bond motifs is 3. The third-order valence-electron chi connectivity index (χ3n) is 6.45. The Morgan fingerprint density at radius 3 is 2.27 bits per heavy atom. The summed E-state index contributed by atoms with van der Waals surface area (Å²) in [5.74, 6) is -0.767. The molecule has 1 saturated heterocycles. The quantitative estimate of drug-likeness (QED) is 0.675. The average Bonchev–Trinajstić information content (AvgIpc) is 3.21. The molecule has 2 aromatic carbocycles. The zero-order valence-corrected chi connectivity index (χ0v) is 20.5. The molecule has 3 amide bonds. The molecule has 4 atom stereocenters. The number of rotatable bonds is 6. The molecule has 1 fully saturated rings. The number of carbonyl (C=O) groups is 3. The number of carbonyl (C=O) groups excluding carboxylic acids is 3. The SMILES string of the molecule is CC(C)[C@H](NC(=O)[C@@H]1N2C(=O)c3ccccc3[C@H]2SC1(C)C)C(=O)N[C@H](C)c1ccccc1. The molecule has 4 rings (SSSR count). The summed E-state index contributed by atoms with van der Waals surface area (Å²) in [7, 11) is 0. The van der Waals surface area contributed by atoms with Crippen LogP contribution in [0, 0.1) is 5.92 Å². The van der Waals surface area contributed by atoms with Gasteiger partial charge in [0.05, 0.1) is 6.04 Å². The number of thioether (sulfide) groups is 1. The Hall–Kier alpha value is -2.80. The molecule has 0 aromatic heterocycles. The Bertz CT molecular complexity index is 1070. The maximum absolute atomic E-state index is 13.6. The fourth-order valence-corrected chi connectivity index (χ4v) is 6.29. The van der Waals surface area contributed by atoms with E-state index in [2.05, 4.69) is 10.6 Å². The number of amides is 3. The summed E-state index contributed by atoms with van der Waals surface area (Å²) in [4.78, 5) is 41.6. The van der Waals surface area contributed by atoms with Crippen molar-refractivity contribution in [2.45, 2.75) is 62.9 Å². The first-order chi connectivity index (χ1) is 15.6. The minimum absolute atomic E-state index is 0.114. The van der Waals surface area contributed by atoms with Crippen LogP contribution in [0.2, 0.25) is 0 Å². The lowest BCUT2D eigenvalue weighted by Crippen LogP contribution is -2.58. The lowest BCUT2D eigenvalue weighted by atomic mass is 9.97. The Kier molecular flexibility index (Phi) is 6.27. The minimum atomic E-state index is -0.705. The fraction of sp³-hybridized carbons (Fsp3) is 0.423. The van der Waals surface area contributed by atoms with Gasteiger partial charge < -0.3 is 15.5 Å². The highest BCUT2D eigenvalue weighted by Crippen LogP contribution is 2.56. The van der Waals surface area contributed by atoms with E-state index < -0.39 is 16.8 Å². The predicted molar refractivity (Wildman–Crippen MR) is 131 cm³/mol. The highest BCUT2D eigenvalue weighted by Gasteiger charge is 2.57. The van der Waals surface area contributed by atoms with Gasteiger partial charge in [0.1, 0.15) is 17.5 Å². The third-order valence-corrected chi connectivity index (χ3v) is 7.99. The van der Waals surface area contributed by atoms with E-state index in [-0.39, 0.29) is 35.1 Å². The molecule has 2 aliphatic rings. The summed E-state index contributed by atoms with van der Waals surface area (Å²) < 4.78 is -0.493. The van der Waals surface area contributed by atoms with Crippen LogP contribution in [0.15, 0.2) is 54.6 Å². The molecule has 2 aliphatic heterocycles. The molecule has 0 saturated carbocycles. The van der Waals surface area contributed by atoms with E-state index in [4.69, 9.17) is 0 Å². The maximum atomic E-state index is 13.6. The van der Waals surface area contributed by atoms with Crippen molar-refractivity contribution in [1.82, 2.24) is 15.5 Å². The number of nitrogens with one attached hydrogen (secondary N) is 2. The molecule has 7 heteroatoms. The Morgan fingerprint density at radius 1 is 0.970 bits per heavy atom. The summed E-state index contributed by atoms with van der Waals surface area (Å²) in [6.07, 6.45) is 0. The first-order valence-corrected chi connectivity index (χ1v) is 12.2. The highest BCUT2D eigenvalue weighted by molar-refractivity contribution is 8.01. The lowest BCUT2D eigenvalue weighted by molar-refractivity contribution is -0.133. The van der Waals surface area contributed by atoms with Gasteiger partial charge in [-0.3, -0.25) is 14.4 Å². The molecule has 2 aromatic rings. The van der Waals surface area contributed by atoms with Crippen LogP contribution in [0.25, 0.3) is 0 Å². The predicted octanol–water partition coefficient (Wildman–Crippen LogP) is 4.05. The standard InChI is InChI=1S/C26H31N3O3S/c1-15(2)20(22(30)27-16(3)17-11-7-6-8-12-17)28-23(31)21-26(4,5)33-25-19-14-10-9-13-18(19)24(32)29(21)25/h6-16,20-21,25H,1-5H3,(H,27,30)(H,28,31)/t16-,20+,21+,25-/m1/s1. The Morgan fingerprint density at radius 2 is 1.61 bits per heavy atom. The van der Waals surface area contributed by atoms with Crippen LogP contribution in [0.1, 0.15) is 67.5 Å². The number of benzene rings is 2. The maximum Gasteiger partial charge on any atom is 0.256 e. The molecular formula is C26H31N3O3S. The van der Waals surface area contributed by atoms with Gasteiger partial charge in [0.25, 0.3) is 5.91 Å². The van der Waals surface area contributed by atoms with Gasteiger partial charge >= 0.3 is 0 Å². The van der Waals surface area contributed by atoms with Crippen LogP contribution in [0.3, 0.4) is 0 Å². The zero-order chi connectivity index (χ0) is 23.9. The molecule has 0 spiro atoms. The van der Waals surface area contributed by atoms with Crippen molar-refractivity contribution >= 4 is 29.5 Å². The third kappa shape index (κ3) is 4.26. The molecule has 2 heterocycles. The minimum Gasteiger partial charge on any atom is -0.348 e. The normalized spacial score (nSPS) is 22.5. The van der Waals surface area contributed by atoms with Crippen molar-refractivity contribution in [1.29, 1.82) is 0 Å². The van der Waals surface area contributed by atoms with Gasteiger partial charge in [-0.05, 0) is 43.9 Å². The van der Waals surface area contributed by atoms with Crippen LogP contribution < -0.4 is 10.6 Å².